The van der Waals surface area contributed by atoms with Gasteiger partial charge in [-0.3, -0.25) is 0 Å². The van der Waals surface area contributed by atoms with Crippen LogP contribution >= 0.6 is 23.2 Å². The van der Waals surface area contributed by atoms with Gasteiger partial charge in [0.1, 0.15) is 10.1 Å². The molecule has 0 aliphatic carbocycles. The van der Waals surface area contributed by atoms with Gasteiger partial charge in [0.15, 0.2) is 0 Å². The standard InChI is InChI=1S/C14H15Cl2NO4/c1-14(2,3)21-13(20)7-4-5-8(9(17)6-7)10(11(15)16)12(18)19/h4-6H,17H2,1-3H3,(H,18,19). The molecule has 114 valence electrons. The first kappa shape index (κ1) is 17.3. The number of nitrogen functional groups attached to an aromatic ring is 1. The highest BCUT2D eigenvalue weighted by molar-refractivity contribution is 6.61. The van der Waals surface area contributed by atoms with Crippen molar-refractivity contribution >= 4 is 46.4 Å². The van der Waals surface area contributed by atoms with E-state index in [0.29, 0.717) is 0 Å². The van der Waals surface area contributed by atoms with E-state index in [2.05, 4.69) is 0 Å². The third-order valence-corrected chi connectivity index (χ3v) is 2.74. The smallest absolute Gasteiger partial charge is 0.338 e. The first-order valence-corrected chi connectivity index (χ1v) is 6.70. The van der Waals surface area contributed by atoms with Gasteiger partial charge in [0.2, 0.25) is 0 Å². The minimum absolute atomic E-state index is 0.0644. The van der Waals surface area contributed by atoms with Crippen molar-refractivity contribution in [3.05, 3.63) is 33.8 Å². The van der Waals surface area contributed by atoms with Crippen LogP contribution in [0, 0.1) is 0 Å². The van der Waals surface area contributed by atoms with Crippen LogP contribution in [0.2, 0.25) is 0 Å². The Bertz CT molecular complexity index is 614. The molecule has 1 aromatic rings. The quantitative estimate of drug-likeness (QED) is 0.503. The SMILES string of the molecule is CC(C)(C)OC(=O)c1ccc(C(C(=O)O)=C(Cl)Cl)c(N)c1. The van der Waals surface area contributed by atoms with E-state index in [1.807, 2.05) is 0 Å². The highest BCUT2D eigenvalue weighted by atomic mass is 35.5. The van der Waals surface area contributed by atoms with Gasteiger partial charge >= 0.3 is 11.9 Å². The molecule has 5 nitrogen and oxygen atoms in total. The number of carboxylic acid groups (broad SMARTS) is 1. The van der Waals surface area contributed by atoms with E-state index >= 15 is 0 Å². The number of benzene rings is 1. The molecule has 0 radical (unpaired) electrons. The fraction of sp³-hybridized carbons (Fsp3) is 0.286. The number of carbonyl (C=O) groups is 2. The minimum Gasteiger partial charge on any atom is -0.478 e. The number of carboxylic acids is 1. The van der Waals surface area contributed by atoms with Crippen molar-refractivity contribution < 1.29 is 19.4 Å². The molecule has 21 heavy (non-hydrogen) atoms. The number of nitrogens with two attached hydrogens (primary N) is 1. The zero-order valence-electron chi connectivity index (χ0n) is 11.7. The Hall–Kier alpha value is -1.72. The molecule has 0 aromatic heterocycles. The number of anilines is 1. The van der Waals surface area contributed by atoms with Crippen molar-refractivity contribution in [2.75, 3.05) is 5.73 Å². The molecule has 0 bridgehead atoms. The zero-order chi connectivity index (χ0) is 16.4. The number of carbonyl (C=O) groups excluding carboxylic acids is 1. The number of esters is 1. The summed E-state index contributed by atoms with van der Waals surface area (Å²) in [6, 6.07) is 4.09. The summed E-state index contributed by atoms with van der Waals surface area (Å²) in [6.45, 7) is 5.21. The van der Waals surface area contributed by atoms with Crippen LogP contribution in [-0.2, 0) is 9.53 Å². The minimum atomic E-state index is -1.31. The maximum Gasteiger partial charge on any atom is 0.338 e. The van der Waals surface area contributed by atoms with E-state index < -0.39 is 22.0 Å². The van der Waals surface area contributed by atoms with Crippen molar-refractivity contribution in [3.8, 4) is 0 Å². The largest absolute Gasteiger partial charge is 0.478 e. The van der Waals surface area contributed by atoms with Crippen LogP contribution in [0.15, 0.2) is 22.7 Å². The van der Waals surface area contributed by atoms with E-state index in [9.17, 15) is 9.59 Å². The monoisotopic (exact) mass is 331 g/mol. The molecular weight excluding hydrogens is 317 g/mol. The van der Waals surface area contributed by atoms with Gasteiger partial charge in [0, 0.05) is 11.3 Å². The summed E-state index contributed by atoms with van der Waals surface area (Å²) in [4.78, 5) is 23.0. The lowest BCUT2D eigenvalue weighted by Gasteiger charge is -2.19. The molecule has 0 aliphatic heterocycles. The van der Waals surface area contributed by atoms with Crippen LogP contribution in [-0.4, -0.2) is 22.6 Å². The molecule has 0 unspecified atom stereocenters. The Morgan fingerprint density at radius 2 is 1.81 bits per heavy atom. The average molecular weight is 332 g/mol. The summed E-state index contributed by atoms with van der Waals surface area (Å²) in [6.07, 6.45) is 0. The maximum atomic E-state index is 11.9. The third kappa shape index (κ3) is 4.65. The number of hydrogen-bond donors (Lipinski definition) is 2. The molecule has 1 rings (SSSR count). The summed E-state index contributed by atoms with van der Waals surface area (Å²) < 4.78 is 4.78. The molecule has 0 atom stereocenters. The van der Waals surface area contributed by atoms with Gasteiger partial charge in [-0.05, 0) is 32.9 Å². The van der Waals surface area contributed by atoms with Crippen LogP contribution in [0.25, 0.3) is 5.57 Å². The van der Waals surface area contributed by atoms with Crippen molar-refractivity contribution in [1.82, 2.24) is 0 Å². The predicted molar refractivity (Wildman–Crippen MR) is 82.3 cm³/mol. The van der Waals surface area contributed by atoms with Crippen molar-refractivity contribution in [1.29, 1.82) is 0 Å². The Morgan fingerprint density at radius 1 is 1.24 bits per heavy atom. The normalized spacial score (nSPS) is 10.9. The number of rotatable bonds is 3. The van der Waals surface area contributed by atoms with E-state index in [1.54, 1.807) is 20.8 Å². The number of hydrogen-bond acceptors (Lipinski definition) is 4. The molecule has 7 heteroatoms. The molecule has 0 spiro atoms. The van der Waals surface area contributed by atoms with Gasteiger partial charge in [0.05, 0.1) is 11.1 Å². The number of halogens is 2. The molecule has 0 fully saturated rings. The molecule has 0 saturated carbocycles. The summed E-state index contributed by atoms with van der Waals surface area (Å²) in [7, 11) is 0. The zero-order valence-corrected chi connectivity index (χ0v) is 13.2. The van der Waals surface area contributed by atoms with E-state index in [-0.39, 0.29) is 22.4 Å². The third-order valence-electron chi connectivity index (χ3n) is 2.36. The second-order valence-corrected chi connectivity index (χ2v) is 6.19. The van der Waals surface area contributed by atoms with Crippen molar-refractivity contribution in [3.63, 3.8) is 0 Å². The number of aliphatic carboxylic acids is 1. The van der Waals surface area contributed by atoms with E-state index in [1.165, 1.54) is 18.2 Å². The molecule has 0 saturated heterocycles. The Morgan fingerprint density at radius 3 is 2.19 bits per heavy atom. The summed E-state index contributed by atoms with van der Waals surface area (Å²) >= 11 is 11.1. The van der Waals surface area contributed by atoms with Gasteiger partial charge in [-0.2, -0.15) is 0 Å². The van der Waals surface area contributed by atoms with Gasteiger partial charge in [0.25, 0.3) is 0 Å². The maximum absolute atomic E-state index is 11.9. The molecule has 0 amide bonds. The molecule has 0 aliphatic rings. The van der Waals surface area contributed by atoms with Crippen LogP contribution in [0.3, 0.4) is 0 Å². The molecule has 3 N–H and O–H groups in total. The lowest BCUT2D eigenvalue weighted by Crippen LogP contribution is -2.24. The Balaban J connectivity index is 3.21. The Labute approximate surface area is 132 Å². The van der Waals surface area contributed by atoms with Crippen LogP contribution < -0.4 is 5.73 Å². The summed E-state index contributed by atoms with van der Waals surface area (Å²) in [5.74, 6) is -1.87. The highest BCUT2D eigenvalue weighted by Gasteiger charge is 2.21. The first-order valence-electron chi connectivity index (χ1n) is 5.94. The molecular formula is C14H15Cl2NO4. The van der Waals surface area contributed by atoms with Crippen LogP contribution in [0.5, 0.6) is 0 Å². The van der Waals surface area contributed by atoms with Crippen LogP contribution in [0.4, 0.5) is 5.69 Å². The second kappa shape index (κ2) is 6.37. The fourth-order valence-corrected chi connectivity index (χ4v) is 1.92. The van der Waals surface area contributed by atoms with E-state index in [4.69, 9.17) is 38.8 Å². The van der Waals surface area contributed by atoms with Gasteiger partial charge in [-0.15, -0.1) is 0 Å². The lowest BCUT2D eigenvalue weighted by atomic mass is 10.0. The Kier molecular flexibility index (Phi) is 5.25. The lowest BCUT2D eigenvalue weighted by molar-refractivity contribution is -0.130. The van der Waals surface area contributed by atoms with Gasteiger partial charge < -0.3 is 15.6 Å². The average Bonchev–Trinajstić information content (AvgIpc) is 2.28. The van der Waals surface area contributed by atoms with Crippen molar-refractivity contribution in [2.45, 2.75) is 26.4 Å². The topological polar surface area (TPSA) is 89.6 Å². The fourth-order valence-electron chi connectivity index (χ4n) is 1.55. The number of ether oxygens (including phenoxy) is 1. The van der Waals surface area contributed by atoms with Gasteiger partial charge in [-0.1, -0.05) is 29.3 Å². The van der Waals surface area contributed by atoms with Gasteiger partial charge in [-0.25, -0.2) is 9.59 Å². The van der Waals surface area contributed by atoms with E-state index in [0.717, 1.165) is 0 Å². The summed E-state index contributed by atoms with van der Waals surface area (Å²) in [5, 5.41) is 9.08. The predicted octanol–water partition coefficient (Wildman–Crippen LogP) is 3.45. The molecule has 0 heterocycles. The van der Waals surface area contributed by atoms with Crippen molar-refractivity contribution in [2.24, 2.45) is 0 Å². The van der Waals surface area contributed by atoms with Crippen LogP contribution in [0.1, 0.15) is 36.7 Å². The first-order chi connectivity index (χ1) is 9.53. The summed E-state index contributed by atoms with van der Waals surface area (Å²) in [5.41, 5.74) is 5.22. The molecule has 1 aromatic carbocycles. The second-order valence-electron chi connectivity index (χ2n) is 5.24. The highest BCUT2D eigenvalue weighted by Crippen LogP contribution is 2.29.